The molecule has 0 aliphatic heterocycles. The molecule has 0 spiro atoms. The van der Waals surface area contributed by atoms with Crippen molar-refractivity contribution in [2.45, 2.75) is 20.3 Å². The summed E-state index contributed by atoms with van der Waals surface area (Å²) in [6.45, 7) is 4.09. The second-order valence-electron chi connectivity index (χ2n) is 4.07. The van der Waals surface area contributed by atoms with E-state index in [0.29, 0.717) is 11.3 Å². The number of nitrogens with zero attached hydrogens (tertiary/aromatic N) is 1. The van der Waals surface area contributed by atoms with Crippen LogP contribution in [0.15, 0.2) is 42.7 Å². The number of esters is 1. The highest BCUT2D eigenvalue weighted by atomic mass is 16.5. The molecule has 3 nitrogen and oxygen atoms in total. The number of hydrogen-bond acceptors (Lipinski definition) is 3. The number of rotatable bonds is 3. The van der Waals surface area contributed by atoms with Crippen LogP contribution < -0.4 is 4.74 Å². The SMILES string of the molecule is CCc1ccc(C(=O)Oc2cccnc2)cc1C. The normalized spacial score (nSPS) is 10.1. The van der Waals surface area contributed by atoms with Crippen LogP contribution in [0.2, 0.25) is 0 Å². The van der Waals surface area contributed by atoms with Gasteiger partial charge in [-0.15, -0.1) is 0 Å². The standard InChI is InChI=1S/C15H15NO2/c1-3-12-6-7-13(9-11(12)2)15(17)18-14-5-4-8-16-10-14/h4-10H,3H2,1-2H3. The van der Waals surface area contributed by atoms with Gasteiger partial charge in [0.15, 0.2) is 0 Å². The Morgan fingerprint density at radius 1 is 1.33 bits per heavy atom. The van der Waals surface area contributed by atoms with Crippen LogP contribution in [0.3, 0.4) is 0 Å². The summed E-state index contributed by atoms with van der Waals surface area (Å²) in [7, 11) is 0. The van der Waals surface area contributed by atoms with Gasteiger partial charge in [0.2, 0.25) is 0 Å². The topological polar surface area (TPSA) is 39.2 Å². The van der Waals surface area contributed by atoms with Gasteiger partial charge in [-0.2, -0.15) is 0 Å². The molecule has 0 aliphatic carbocycles. The van der Waals surface area contributed by atoms with Gasteiger partial charge in [-0.05, 0) is 48.7 Å². The maximum Gasteiger partial charge on any atom is 0.343 e. The van der Waals surface area contributed by atoms with E-state index in [0.717, 1.165) is 12.0 Å². The third kappa shape index (κ3) is 2.74. The lowest BCUT2D eigenvalue weighted by molar-refractivity contribution is 0.0734. The number of aromatic nitrogens is 1. The molecule has 2 rings (SSSR count). The molecule has 92 valence electrons. The molecule has 0 saturated heterocycles. The fourth-order valence-corrected chi connectivity index (χ4v) is 1.79. The Kier molecular flexibility index (Phi) is 3.72. The predicted octanol–water partition coefficient (Wildman–Crippen LogP) is 3.17. The number of carbonyl (C=O) groups is 1. The Bertz CT molecular complexity index is 550. The molecule has 1 aromatic carbocycles. The summed E-state index contributed by atoms with van der Waals surface area (Å²) in [6.07, 6.45) is 4.12. The first-order chi connectivity index (χ1) is 8.70. The fourth-order valence-electron chi connectivity index (χ4n) is 1.79. The number of aryl methyl sites for hydroxylation is 2. The van der Waals surface area contributed by atoms with Crippen molar-refractivity contribution < 1.29 is 9.53 Å². The van der Waals surface area contributed by atoms with Crippen LogP contribution in [-0.2, 0) is 6.42 Å². The van der Waals surface area contributed by atoms with Crippen molar-refractivity contribution in [2.75, 3.05) is 0 Å². The number of ether oxygens (including phenoxy) is 1. The van der Waals surface area contributed by atoms with Crippen LogP contribution in [0.25, 0.3) is 0 Å². The lowest BCUT2D eigenvalue weighted by atomic mass is 10.0. The Morgan fingerprint density at radius 3 is 2.78 bits per heavy atom. The molecule has 0 bridgehead atoms. The predicted molar refractivity (Wildman–Crippen MR) is 69.8 cm³/mol. The summed E-state index contributed by atoms with van der Waals surface area (Å²) in [5, 5.41) is 0. The van der Waals surface area contributed by atoms with E-state index in [1.54, 1.807) is 24.4 Å². The van der Waals surface area contributed by atoms with Crippen LogP contribution in [0, 0.1) is 6.92 Å². The highest BCUT2D eigenvalue weighted by molar-refractivity contribution is 5.91. The summed E-state index contributed by atoms with van der Waals surface area (Å²) in [5.41, 5.74) is 2.92. The Hall–Kier alpha value is -2.16. The van der Waals surface area contributed by atoms with Gasteiger partial charge in [0.05, 0.1) is 11.8 Å². The third-order valence-corrected chi connectivity index (χ3v) is 2.80. The molecule has 3 heteroatoms. The van der Waals surface area contributed by atoms with Gasteiger partial charge in [-0.1, -0.05) is 13.0 Å². The minimum absolute atomic E-state index is 0.353. The van der Waals surface area contributed by atoms with Crippen LogP contribution in [-0.4, -0.2) is 11.0 Å². The molecule has 0 N–H and O–H groups in total. The van der Waals surface area contributed by atoms with Crippen LogP contribution in [0.4, 0.5) is 0 Å². The molecule has 0 unspecified atom stereocenters. The molecule has 0 fully saturated rings. The summed E-state index contributed by atoms with van der Waals surface area (Å²) in [4.78, 5) is 15.8. The molecule has 1 heterocycles. The monoisotopic (exact) mass is 241 g/mol. The third-order valence-electron chi connectivity index (χ3n) is 2.80. The van der Waals surface area contributed by atoms with E-state index in [4.69, 9.17) is 4.74 Å². The molecule has 0 radical (unpaired) electrons. The molecule has 0 atom stereocenters. The smallest absolute Gasteiger partial charge is 0.343 e. The van der Waals surface area contributed by atoms with E-state index in [9.17, 15) is 4.79 Å². The van der Waals surface area contributed by atoms with E-state index >= 15 is 0 Å². The Balaban J connectivity index is 2.17. The van der Waals surface area contributed by atoms with Gasteiger partial charge in [0.25, 0.3) is 0 Å². The second kappa shape index (κ2) is 5.45. The van der Waals surface area contributed by atoms with Gasteiger partial charge in [-0.3, -0.25) is 4.98 Å². The average molecular weight is 241 g/mol. The molecule has 0 aliphatic rings. The zero-order valence-electron chi connectivity index (χ0n) is 10.5. The molecule has 2 aromatic rings. The fraction of sp³-hybridized carbons (Fsp3) is 0.200. The number of hydrogen-bond donors (Lipinski definition) is 0. The second-order valence-corrected chi connectivity index (χ2v) is 4.07. The summed E-state index contributed by atoms with van der Waals surface area (Å²) < 4.78 is 5.23. The molecule has 1 aromatic heterocycles. The van der Waals surface area contributed by atoms with Crippen molar-refractivity contribution in [3.05, 3.63) is 59.4 Å². The first kappa shape index (κ1) is 12.3. The van der Waals surface area contributed by atoms with Crippen molar-refractivity contribution in [1.29, 1.82) is 0 Å². The first-order valence-corrected chi connectivity index (χ1v) is 5.92. The van der Waals surface area contributed by atoms with Gasteiger partial charge in [0.1, 0.15) is 5.75 Å². The zero-order valence-corrected chi connectivity index (χ0v) is 10.5. The van der Waals surface area contributed by atoms with Crippen molar-refractivity contribution >= 4 is 5.97 Å². The van der Waals surface area contributed by atoms with Crippen LogP contribution in [0.1, 0.15) is 28.4 Å². The lowest BCUT2D eigenvalue weighted by Crippen LogP contribution is -2.09. The van der Waals surface area contributed by atoms with Crippen LogP contribution >= 0.6 is 0 Å². The van der Waals surface area contributed by atoms with E-state index in [-0.39, 0.29) is 5.97 Å². The number of carbonyl (C=O) groups excluding carboxylic acids is 1. The quantitative estimate of drug-likeness (QED) is 0.775. The Morgan fingerprint density at radius 2 is 2.17 bits per heavy atom. The molecule has 0 amide bonds. The Labute approximate surface area is 106 Å². The van der Waals surface area contributed by atoms with Crippen molar-refractivity contribution in [2.24, 2.45) is 0 Å². The maximum atomic E-state index is 11.9. The van der Waals surface area contributed by atoms with E-state index in [2.05, 4.69) is 11.9 Å². The average Bonchev–Trinajstić information content (AvgIpc) is 2.39. The minimum Gasteiger partial charge on any atom is -0.421 e. The maximum absolute atomic E-state index is 11.9. The summed E-state index contributed by atoms with van der Waals surface area (Å²) in [5.74, 6) is 0.105. The largest absolute Gasteiger partial charge is 0.421 e. The molecular weight excluding hydrogens is 226 g/mol. The number of pyridine rings is 1. The highest BCUT2D eigenvalue weighted by Gasteiger charge is 2.09. The van der Waals surface area contributed by atoms with E-state index in [1.807, 2.05) is 19.1 Å². The van der Waals surface area contributed by atoms with Gasteiger partial charge in [-0.25, -0.2) is 4.79 Å². The lowest BCUT2D eigenvalue weighted by Gasteiger charge is -2.07. The molecule has 0 saturated carbocycles. The van der Waals surface area contributed by atoms with E-state index < -0.39 is 0 Å². The molecular formula is C15H15NO2. The summed E-state index contributed by atoms with van der Waals surface area (Å²) in [6, 6.07) is 9.06. The first-order valence-electron chi connectivity index (χ1n) is 5.92. The zero-order chi connectivity index (χ0) is 13.0. The van der Waals surface area contributed by atoms with Crippen LogP contribution in [0.5, 0.6) is 5.75 Å². The van der Waals surface area contributed by atoms with Gasteiger partial charge >= 0.3 is 5.97 Å². The van der Waals surface area contributed by atoms with Gasteiger partial charge < -0.3 is 4.74 Å². The van der Waals surface area contributed by atoms with E-state index in [1.165, 1.54) is 11.8 Å². The van der Waals surface area contributed by atoms with Crippen molar-refractivity contribution in [1.82, 2.24) is 4.98 Å². The van der Waals surface area contributed by atoms with Gasteiger partial charge in [0, 0.05) is 6.20 Å². The molecule has 18 heavy (non-hydrogen) atoms. The van der Waals surface area contributed by atoms with Crippen molar-refractivity contribution in [3.63, 3.8) is 0 Å². The van der Waals surface area contributed by atoms with Crippen molar-refractivity contribution in [3.8, 4) is 5.75 Å². The highest BCUT2D eigenvalue weighted by Crippen LogP contribution is 2.14. The summed E-state index contributed by atoms with van der Waals surface area (Å²) >= 11 is 0. The number of benzene rings is 1. The minimum atomic E-state index is -0.353.